The summed E-state index contributed by atoms with van der Waals surface area (Å²) in [5.41, 5.74) is 2.01. The first-order valence-corrected chi connectivity index (χ1v) is 8.36. The van der Waals surface area contributed by atoms with E-state index < -0.39 is 4.92 Å². The first-order chi connectivity index (χ1) is 13.1. The Kier molecular flexibility index (Phi) is 5.74. The fraction of sp³-hybridized carbons (Fsp3) is 0.0455. The Morgan fingerprint density at radius 3 is 2.48 bits per heavy atom. The molecule has 3 aromatic carbocycles. The molecule has 0 aliphatic heterocycles. The van der Waals surface area contributed by atoms with Crippen LogP contribution in [0.25, 0.3) is 6.08 Å². The molecule has 0 spiro atoms. The van der Waals surface area contributed by atoms with E-state index in [1.807, 2.05) is 30.3 Å². The summed E-state index contributed by atoms with van der Waals surface area (Å²) in [6.45, 7) is 0.361. The lowest BCUT2D eigenvalue weighted by Gasteiger charge is -2.09. The number of non-ortho nitro benzene ring substituents is 1. The maximum Gasteiger partial charge on any atom is 0.270 e. The SMILES string of the molecule is O=C(/C=C/c1cccc([N+](=O)[O-])c1)c1ccccc1OCc1ccccc1. The van der Waals surface area contributed by atoms with Crippen LogP contribution in [-0.2, 0) is 6.61 Å². The van der Waals surface area contributed by atoms with Gasteiger partial charge in [0.15, 0.2) is 5.78 Å². The van der Waals surface area contributed by atoms with Crippen LogP contribution in [0.2, 0.25) is 0 Å². The average molecular weight is 359 g/mol. The number of rotatable bonds is 7. The standard InChI is InChI=1S/C22H17NO4/c24-21(14-13-17-9-6-10-19(15-17)23(25)26)20-11-4-5-12-22(20)27-16-18-7-2-1-3-8-18/h1-15H,16H2/b14-13+. The maximum absolute atomic E-state index is 12.6. The highest BCUT2D eigenvalue weighted by molar-refractivity contribution is 6.08. The molecular formula is C22H17NO4. The quantitative estimate of drug-likeness (QED) is 0.256. The number of para-hydroxylation sites is 1. The molecule has 5 nitrogen and oxygen atoms in total. The van der Waals surface area contributed by atoms with Crippen molar-refractivity contribution in [2.45, 2.75) is 6.61 Å². The fourth-order valence-electron chi connectivity index (χ4n) is 2.54. The predicted molar refractivity (Wildman–Crippen MR) is 104 cm³/mol. The van der Waals surface area contributed by atoms with E-state index in [0.717, 1.165) is 5.56 Å². The summed E-state index contributed by atoms with van der Waals surface area (Å²) < 4.78 is 5.80. The lowest BCUT2D eigenvalue weighted by atomic mass is 10.1. The number of nitrogens with zero attached hydrogens (tertiary/aromatic N) is 1. The fourth-order valence-corrected chi connectivity index (χ4v) is 2.54. The van der Waals surface area contributed by atoms with Gasteiger partial charge < -0.3 is 4.74 Å². The molecule has 0 bridgehead atoms. The molecule has 0 amide bonds. The number of carbonyl (C=O) groups is 1. The largest absolute Gasteiger partial charge is 0.488 e. The highest BCUT2D eigenvalue weighted by Gasteiger charge is 2.10. The zero-order valence-corrected chi connectivity index (χ0v) is 14.4. The molecule has 27 heavy (non-hydrogen) atoms. The summed E-state index contributed by atoms with van der Waals surface area (Å²) in [6, 6.07) is 22.8. The number of nitro benzene ring substituents is 1. The molecule has 0 heterocycles. The van der Waals surface area contributed by atoms with Crippen molar-refractivity contribution >= 4 is 17.5 Å². The van der Waals surface area contributed by atoms with E-state index in [0.29, 0.717) is 23.5 Å². The molecule has 0 aliphatic carbocycles. The monoisotopic (exact) mass is 359 g/mol. The lowest BCUT2D eigenvalue weighted by molar-refractivity contribution is -0.384. The number of benzene rings is 3. The number of ketones is 1. The van der Waals surface area contributed by atoms with Gasteiger partial charge in [0.1, 0.15) is 12.4 Å². The summed E-state index contributed by atoms with van der Waals surface area (Å²) >= 11 is 0. The van der Waals surface area contributed by atoms with Crippen molar-refractivity contribution < 1.29 is 14.5 Å². The number of hydrogen-bond acceptors (Lipinski definition) is 4. The van der Waals surface area contributed by atoms with Gasteiger partial charge in [-0.3, -0.25) is 14.9 Å². The van der Waals surface area contributed by atoms with Crippen LogP contribution in [0.4, 0.5) is 5.69 Å². The van der Waals surface area contributed by atoms with E-state index in [2.05, 4.69) is 0 Å². The van der Waals surface area contributed by atoms with Crippen LogP contribution >= 0.6 is 0 Å². The smallest absolute Gasteiger partial charge is 0.270 e. The Morgan fingerprint density at radius 1 is 0.963 bits per heavy atom. The third kappa shape index (κ3) is 4.89. The number of ether oxygens (including phenoxy) is 1. The van der Waals surface area contributed by atoms with Crippen LogP contribution < -0.4 is 4.74 Å². The lowest BCUT2D eigenvalue weighted by Crippen LogP contribution is -2.02. The molecule has 134 valence electrons. The zero-order valence-electron chi connectivity index (χ0n) is 14.4. The zero-order chi connectivity index (χ0) is 19.1. The molecule has 5 heteroatoms. The van der Waals surface area contributed by atoms with Crippen molar-refractivity contribution in [1.82, 2.24) is 0 Å². The minimum atomic E-state index is -0.466. The molecular weight excluding hydrogens is 342 g/mol. The summed E-state index contributed by atoms with van der Waals surface area (Å²) in [5, 5.41) is 10.8. The molecule has 0 saturated heterocycles. The first kappa shape index (κ1) is 18.1. The number of allylic oxidation sites excluding steroid dienone is 1. The van der Waals surface area contributed by atoms with E-state index in [1.54, 1.807) is 42.5 Å². The van der Waals surface area contributed by atoms with E-state index in [-0.39, 0.29) is 11.5 Å². The first-order valence-electron chi connectivity index (χ1n) is 8.36. The molecule has 0 fully saturated rings. The third-order valence-electron chi connectivity index (χ3n) is 3.90. The highest BCUT2D eigenvalue weighted by atomic mass is 16.6. The van der Waals surface area contributed by atoms with Gasteiger partial charge in [0.05, 0.1) is 10.5 Å². The Bertz CT molecular complexity index is 980. The Morgan fingerprint density at radius 2 is 1.70 bits per heavy atom. The molecule has 0 radical (unpaired) electrons. The van der Waals surface area contributed by atoms with E-state index in [1.165, 1.54) is 18.2 Å². The van der Waals surface area contributed by atoms with Gasteiger partial charge in [-0.25, -0.2) is 0 Å². The van der Waals surface area contributed by atoms with E-state index in [4.69, 9.17) is 4.74 Å². The molecule has 0 N–H and O–H groups in total. The Labute approximate surface area is 156 Å². The molecule has 3 aromatic rings. The second kappa shape index (κ2) is 8.58. The maximum atomic E-state index is 12.6. The van der Waals surface area contributed by atoms with Crippen LogP contribution in [0.1, 0.15) is 21.5 Å². The van der Waals surface area contributed by atoms with Gasteiger partial charge in [-0.2, -0.15) is 0 Å². The Balaban J connectivity index is 1.75. The second-order valence-electron chi connectivity index (χ2n) is 5.82. The molecule has 0 aliphatic rings. The minimum absolute atomic E-state index is 0.0174. The van der Waals surface area contributed by atoms with E-state index in [9.17, 15) is 14.9 Å². The van der Waals surface area contributed by atoms with Gasteiger partial charge in [-0.1, -0.05) is 60.7 Å². The van der Waals surface area contributed by atoms with Crippen molar-refractivity contribution in [3.63, 3.8) is 0 Å². The van der Waals surface area contributed by atoms with E-state index >= 15 is 0 Å². The summed E-state index contributed by atoms with van der Waals surface area (Å²) in [7, 11) is 0. The van der Waals surface area contributed by atoms with Crippen LogP contribution in [0, 0.1) is 10.1 Å². The molecule has 0 atom stereocenters. The van der Waals surface area contributed by atoms with Crippen LogP contribution in [0.15, 0.2) is 84.9 Å². The number of nitro groups is 1. The van der Waals surface area contributed by atoms with Gasteiger partial charge in [0, 0.05) is 12.1 Å². The van der Waals surface area contributed by atoms with Crippen molar-refractivity contribution in [3.05, 3.63) is 112 Å². The van der Waals surface area contributed by atoms with Crippen molar-refractivity contribution in [2.24, 2.45) is 0 Å². The van der Waals surface area contributed by atoms with Crippen molar-refractivity contribution in [2.75, 3.05) is 0 Å². The van der Waals surface area contributed by atoms with Crippen LogP contribution in [-0.4, -0.2) is 10.7 Å². The van der Waals surface area contributed by atoms with Crippen molar-refractivity contribution in [3.8, 4) is 5.75 Å². The summed E-state index contributed by atoms with van der Waals surface area (Å²) in [6.07, 6.45) is 2.95. The average Bonchev–Trinajstić information content (AvgIpc) is 2.71. The van der Waals surface area contributed by atoms with Gasteiger partial charge in [0.25, 0.3) is 5.69 Å². The summed E-state index contributed by atoms with van der Waals surface area (Å²) in [4.78, 5) is 22.9. The van der Waals surface area contributed by atoms with Gasteiger partial charge in [-0.05, 0) is 29.3 Å². The number of carbonyl (C=O) groups excluding carboxylic acids is 1. The van der Waals surface area contributed by atoms with Gasteiger partial charge in [0.2, 0.25) is 0 Å². The highest BCUT2D eigenvalue weighted by Crippen LogP contribution is 2.21. The molecule has 3 rings (SSSR count). The molecule has 0 saturated carbocycles. The van der Waals surface area contributed by atoms with Gasteiger partial charge >= 0.3 is 0 Å². The number of hydrogen-bond donors (Lipinski definition) is 0. The Hall–Kier alpha value is -3.73. The van der Waals surface area contributed by atoms with Crippen LogP contribution in [0.5, 0.6) is 5.75 Å². The predicted octanol–water partition coefficient (Wildman–Crippen LogP) is 5.07. The minimum Gasteiger partial charge on any atom is -0.488 e. The van der Waals surface area contributed by atoms with Crippen molar-refractivity contribution in [1.29, 1.82) is 0 Å². The van der Waals surface area contributed by atoms with Crippen LogP contribution in [0.3, 0.4) is 0 Å². The normalized spacial score (nSPS) is 10.7. The second-order valence-corrected chi connectivity index (χ2v) is 5.82. The van der Waals surface area contributed by atoms with Gasteiger partial charge in [-0.15, -0.1) is 0 Å². The topological polar surface area (TPSA) is 69.4 Å². The molecule has 0 aromatic heterocycles. The summed E-state index contributed by atoms with van der Waals surface area (Å²) in [5.74, 6) is 0.264. The third-order valence-corrected chi connectivity index (χ3v) is 3.90. The molecule has 0 unspecified atom stereocenters.